The number of carbonyl (C=O) groups excluding carboxylic acids is 2. The summed E-state index contributed by atoms with van der Waals surface area (Å²) in [5, 5.41) is 11.3. The van der Waals surface area contributed by atoms with Crippen molar-refractivity contribution in [2.24, 2.45) is 0 Å². The zero-order valence-electron chi connectivity index (χ0n) is 19.9. The van der Waals surface area contributed by atoms with Crippen molar-refractivity contribution in [1.82, 2.24) is 0 Å². The first-order valence-electron chi connectivity index (χ1n) is 12.1. The van der Waals surface area contributed by atoms with E-state index in [1.807, 2.05) is 72.8 Å². The largest absolute Gasteiger partial charge is 0.293 e. The van der Waals surface area contributed by atoms with Gasteiger partial charge in [0.05, 0.1) is 22.3 Å². The molecule has 0 saturated carbocycles. The van der Waals surface area contributed by atoms with Crippen molar-refractivity contribution >= 4 is 23.3 Å². The molecule has 4 aromatic rings. The van der Waals surface area contributed by atoms with Crippen LogP contribution in [0.4, 0.5) is 0 Å². The Morgan fingerprint density at radius 2 is 0.892 bits per heavy atom. The van der Waals surface area contributed by atoms with Gasteiger partial charge in [0.1, 0.15) is 0 Å². The van der Waals surface area contributed by atoms with E-state index in [4.69, 9.17) is 0 Å². The molecule has 4 atom stereocenters. The quantitative estimate of drug-likeness (QED) is 0.163. The number of nitro groups is 1. The van der Waals surface area contributed by atoms with Crippen molar-refractivity contribution < 1.29 is 14.5 Å². The lowest BCUT2D eigenvalue weighted by atomic mass is 9.74. The number of hydrogen-bond acceptors (Lipinski definition) is 5. The van der Waals surface area contributed by atoms with Crippen LogP contribution in [0.25, 0.3) is 0 Å². The minimum absolute atomic E-state index is 0.205. The highest BCUT2D eigenvalue weighted by Gasteiger charge is 2.57. The van der Waals surface area contributed by atoms with Crippen molar-refractivity contribution in [3.05, 3.63) is 154 Å². The fraction of sp³-hybridized carbons (Fsp3) is 0.161. The Balaban J connectivity index is 1.70. The summed E-state index contributed by atoms with van der Waals surface area (Å²) in [4.78, 5) is 40.5. The van der Waals surface area contributed by atoms with E-state index in [1.165, 1.54) is 11.8 Å². The van der Waals surface area contributed by atoms with E-state index in [0.717, 1.165) is 11.1 Å². The van der Waals surface area contributed by atoms with Crippen molar-refractivity contribution in [2.75, 3.05) is 0 Å². The van der Waals surface area contributed by atoms with Crippen LogP contribution >= 0.6 is 11.8 Å². The van der Waals surface area contributed by atoms with Crippen molar-refractivity contribution in [2.45, 2.75) is 28.4 Å². The molecule has 1 aliphatic heterocycles. The third-order valence-corrected chi connectivity index (χ3v) is 8.53. The van der Waals surface area contributed by atoms with E-state index in [1.54, 1.807) is 48.5 Å². The maximum absolute atomic E-state index is 13.9. The van der Waals surface area contributed by atoms with Gasteiger partial charge in [-0.05, 0) is 11.1 Å². The van der Waals surface area contributed by atoms with E-state index in [9.17, 15) is 19.7 Å². The Labute approximate surface area is 219 Å². The topological polar surface area (TPSA) is 77.3 Å². The van der Waals surface area contributed by atoms with E-state index in [2.05, 4.69) is 0 Å². The van der Waals surface area contributed by atoms with E-state index in [0.29, 0.717) is 11.1 Å². The molecule has 1 saturated heterocycles. The minimum atomic E-state index is -1.18. The predicted molar refractivity (Wildman–Crippen MR) is 146 cm³/mol. The number of thioether (sulfide) groups is 1. The summed E-state index contributed by atoms with van der Waals surface area (Å²) in [5.41, 5.74) is 2.40. The lowest BCUT2D eigenvalue weighted by molar-refractivity contribution is -0.531. The number of ketones is 2. The van der Waals surface area contributed by atoms with Gasteiger partial charge in [0.2, 0.25) is 6.04 Å². The molecule has 4 aromatic carbocycles. The smallest absolute Gasteiger partial charge is 0.229 e. The van der Waals surface area contributed by atoms with Gasteiger partial charge in [-0.2, -0.15) is 0 Å². The van der Waals surface area contributed by atoms with E-state index < -0.39 is 28.4 Å². The molecule has 0 spiro atoms. The zero-order chi connectivity index (χ0) is 25.8. The summed E-state index contributed by atoms with van der Waals surface area (Å²) in [6, 6.07) is 34.9. The van der Waals surface area contributed by atoms with Crippen LogP contribution in [0.3, 0.4) is 0 Å². The molecule has 0 aromatic heterocycles. The molecule has 0 N–H and O–H groups in total. The Morgan fingerprint density at radius 1 is 0.568 bits per heavy atom. The second kappa shape index (κ2) is 10.9. The molecule has 0 bridgehead atoms. The highest BCUT2D eigenvalue weighted by Crippen LogP contribution is 2.51. The molecule has 1 heterocycles. The third-order valence-electron chi connectivity index (χ3n) is 6.93. The van der Waals surface area contributed by atoms with Crippen LogP contribution in [-0.2, 0) is 0 Å². The van der Waals surface area contributed by atoms with Gasteiger partial charge in [-0.3, -0.25) is 19.7 Å². The van der Waals surface area contributed by atoms with Gasteiger partial charge in [0.25, 0.3) is 0 Å². The van der Waals surface area contributed by atoms with Crippen LogP contribution in [0.15, 0.2) is 121 Å². The first-order chi connectivity index (χ1) is 18.1. The fourth-order valence-electron chi connectivity index (χ4n) is 5.25. The van der Waals surface area contributed by atoms with Gasteiger partial charge in [0, 0.05) is 16.1 Å². The normalized spacial score (nSPS) is 23.2. The SMILES string of the molecule is O=C(c1ccccc1)[C@H]1S[C@H](C(=O)c2ccccc2)[C@@H](c2ccccc2)C([N+](=O)[O-])[C@@H]1c1ccccc1. The second-order valence-electron chi connectivity index (χ2n) is 9.09. The molecule has 0 amide bonds. The van der Waals surface area contributed by atoms with Crippen LogP contribution in [0.2, 0.25) is 0 Å². The summed E-state index contributed by atoms with van der Waals surface area (Å²) < 4.78 is 0. The van der Waals surface area contributed by atoms with Gasteiger partial charge in [-0.15, -0.1) is 11.8 Å². The van der Waals surface area contributed by atoms with Crippen LogP contribution in [0.5, 0.6) is 0 Å². The number of rotatable bonds is 7. The first kappa shape index (κ1) is 24.7. The maximum Gasteiger partial charge on any atom is 0.229 e. The number of hydrogen-bond donors (Lipinski definition) is 0. The van der Waals surface area contributed by atoms with Gasteiger partial charge in [0.15, 0.2) is 11.6 Å². The second-order valence-corrected chi connectivity index (χ2v) is 10.4. The highest BCUT2D eigenvalue weighted by atomic mass is 32.2. The number of benzene rings is 4. The Kier molecular flexibility index (Phi) is 7.28. The summed E-state index contributed by atoms with van der Waals surface area (Å²) in [5.74, 6) is -1.86. The fourth-order valence-corrected chi connectivity index (χ4v) is 7.06. The molecule has 1 fully saturated rings. The number of Topliss-reactive ketones (excluding diaryl/α,β-unsaturated/α-hetero) is 2. The van der Waals surface area contributed by atoms with E-state index >= 15 is 0 Å². The van der Waals surface area contributed by atoms with Gasteiger partial charge < -0.3 is 0 Å². The molecule has 184 valence electrons. The van der Waals surface area contributed by atoms with Crippen LogP contribution < -0.4 is 0 Å². The monoisotopic (exact) mass is 507 g/mol. The van der Waals surface area contributed by atoms with Crippen LogP contribution in [0, 0.1) is 10.1 Å². The van der Waals surface area contributed by atoms with Crippen LogP contribution in [-0.4, -0.2) is 33.0 Å². The Bertz CT molecular complexity index is 1280. The van der Waals surface area contributed by atoms with Gasteiger partial charge >= 0.3 is 0 Å². The number of nitrogens with zero attached hydrogens (tertiary/aromatic N) is 1. The molecular formula is C31H25NO4S. The van der Waals surface area contributed by atoms with Crippen LogP contribution in [0.1, 0.15) is 43.7 Å². The van der Waals surface area contributed by atoms with Gasteiger partial charge in [-0.1, -0.05) is 121 Å². The predicted octanol–water partition coefficient (Wildman–Crippen LogP) is 6.45. The Hall–Kier alpha value is -4.03. The van der Waals surface area contributed by atoms with Gasteiger partial charge in [-0.25, -0.2) is 0 Å². The minimum Gasteiger partial charge on any atom is -0.293 e. The Morgan fingerprint density at radius 3 is 1.22 bits per heavy atom. The molecule has 1 aliphatic rings. The average molecular weight is 508 g/mol. The molecule has 0 radical (unpaired) electrons. The maximum atomic E-state index is 13.9. The summed E-state index contributed by atoms with van der Waals surface area (Å²) in [6.07, 6.45) is 0. The molecule has 37 heavy (non-hydrogen) atoms. The lowest BCUT2D eigenvalue weighted by Crippen LogP contribution is -2.51. The molecule has 5 nitrogen and oxygen atoms in total. The molecular weight excluding hydrogens is 482 g/mol. The summed E-state index contributed by atoms with van der Waals surface area (Å²) in [7, 11) is 0. The summed E-state index contributed by atoms with van der Waals surface area (Å²) in [6.45, 7) is 0. The number of carbonyl (C=O) groups is 2. The summed E-state index contributed by atoms with van der Waals surface area (Å²) >= 11 is 1.26. The van der Waals surface area contributed by atoms with Crippen molar-refractivity contribution in [3.63, 3.8) is 0 Å². The van der Waals surface area contributed by atoms with E-state index in [-0.39, 0.29) is 16.5 Å². The lowest BCUT2D eigenvalue weighted by Gasteiger charge is -2.42. The average Bonchev–Trinajstić information content (AvgIpc) is 2.97. The zero-order valence-corrected chi connectivity index (χ0v) is 20.7. The van der Waals surface area contributed by atoms with Crippen molar-refractivity contribution in [3.8, 4) is 0 Å². The first-order valence-corrected chi connectivity index (χ1v) is 13.1. The third kappa shape index (κ3) is 4.98. The molecule has 0 aliphatic carbocycles. The molecule has 5 rings (SSSR count). The highest BCUT2D eigenvalue weighted by molar-refractivity contribution is 8.02. The molecule has 6 heteroatoms. The standard InChI is InChI=1S/C31H25NO4S/c33-28(23-17-9-3-10-18-23)30-25(21-13-5-1-6-14-21)27(32(35)36)26(22-15-7-2-8-16-22)31(37-30)29(34)24-19-11-4-12-20-24/h1-20,25-27,30-31H/t25-,26-,30-,31-/m0/s1. The molecule has 0 unspecified atom stereocenters. The van der Waals surface area contributed by atoms with Crippen molar-refractivity contribution in [1.29, 1.82) is 0 Å².